The minimum atomic E-state index is -3.83. The molecule has 11 aromatic rings. The Morgan fingerprint density at radius 3 is 1.41 bits per heavy atom. The van der Waals surface area contributed by atoms with Crippen molar-refractivity contribution in [3.05, 3.63) is 224 Å². The summed E-state index contributed by atoms with van der Waals surface area (Å²) in [5.74, 6) is 0.934. The second kappa shape index (κ2) is 14.9. The number of benzene rings is 10. The second-order valence-electron chi connectivity index (χ2n) is 15.9. The van der Waals surface area contributed by atoms with Crippen molar-refractivity contribution in [2.75, 3.05) is 4.67 Å². The van der Waals surface area contributed by atoms with E-state index >= 15 is 4.57 Å². The molecular formula is C57H37N4OP. The lowest BCUT2D eigenvalue weighted by atomic mass is 9.91. The molecule has 0 saturated heterocycles. The normalized spacial score (nSPS) is 14.4. The van der Waals surface area contributed by atoms with E-state index in [0.29, 0.717) is 17.0 Å². The van der Waals surface area contributed by atoms with Crippen molar-refractivity contribution in [3.8, 4) is 56.2 Å². The number of hydrogen-bond acceptors (Lipinski definition) is 4. The topological polar surface area (TPSA) is 59.0 Å². The van der Waals surface area contributed by atoms with Crippen LogP contribution in [-0.2, 0) is 4.57 Å². The highest BCUT2D eigenvalue weighted by Crippen LogP contribution is 2.61. The third-order valence-corrected chi connectivity index (χ3v) is 15.1. The summed E-state index contributed by atoms with van der Waals surface area (Å²) in [6, 6.07) is 77.2. The van der Waals surface area contributed by atoms with Gasteiger partial charge in [0.2, 0.25) is 5.57 Å². The van der Waals surface area contributed by atoms with Crippen LogP contribution in [0.1, 0.15) is 0 Å². The highest BCUT2D eigenvalue weighted by Gasteiger charge is 2.46. The zero-order chi connectivity index (χ0) is 41.9. The average Bonchev–Trinajstić information content (AvgIpc) is 3.37. The molecule has 10 aromatic carbocycles. The summed E-state index contributed by atoms with van der Waals surface area (Å²) in [6.07, 6.45) is 0. The number of aromatic nitrogens is 3. The van der Waals surface area contributed by atoms with Gasteiger partial charge in [-0.15, -0.1) is 0 Å². The molecule has 0 aliphatic carbocycles. The van der Waals surface area contributed by atoms with Gasteiger partial charge in [-0.05, 0) is 103 Å². The van der Waals surface area contributed by atoms with Gasteiger partial charge >= 0.3 is 0 Å². The fourth-order valence-electron chi connectivity index (χ4n) is 9.31. The Morgan fingerprint density at radius 2 is 0.794 bits per heavy atom. The Bertz CT molecular complexity index is 3520. The molecule has 0 fully saturated rings. The third kappa shape index (κ3) is 6.08. The summed E-state index contributed by atoms with van der Waals surface area (Å²) >= 11 is 0. The van der Waals surface area contributed by atoms with E-state index in [1.54, 1.807) is 0 Å². The highest BCUT2D eigenvalue weighted by molar-refractivity contribution is 7.80. The molecule has 6 heteroatoms. The predicted octanol–water partition coefficient (Wildman–Crippen LogP) is 14.0. The number of rotatable bonds is 6. The molecule has 12 rings (SSSR count). The molecule has 0 spiro atoms. The van der Waals surface area contributed by atoms with Crippen LogP contribution < -0.4 is 15.5 Å². The summed E-state index contributed by atoms with van der Waals surface area (Å²) in [4.78, 5) is 15.1. The van der Waals surface area contributed by atoms with Gasteiger partial charge in [0.05, 0.1) is 5.69 Å². The standard InChI is InChI=1S/C57H37N4OP/c62-63(57-59-55(38-17-4-1-5-18-38)58-56(60-57)39-19-6-2-7-20-39)54-30-15-14-29-50(54)52-37-43(32-34-53(52)61(63)44-23-8-3-9-24-44)41-22-16-21-40(35-41)42-31-33-49-47-27-11-10-25-45(47)46-26-12-13-28-48(46)51(49)36-42/h1-37H. The van der Waals surface area contributed by atoms with Crippen molar-refractivity contribution in [2.45, 2.75) is 0 Å². The molecule has 1 unspecified atom stereocenters. The van der Waals surface area contributed by atoms with Crippen molar-refractivity contribution in [1.82, 2.24) is 15.0 Å². The lowest BCUT2D eigenvalue weighted by molar-refractivity contribution is 0.585. The Morgan fingerprint density at radius 1 is 0.333 bits per heavy atom. The zero-order valence-electron chi connectivity index (χ0n) is 34.0. The van der Waals surface area contributed by atoms with E-state index in [4.69, 9.17) is 15.0 Å². The number of nitrogens with zero attached hydrogens (tertiary/aromatic N) is 4. The Balaban J connectivity index is 1.02. The predicted molar refractivity (Wildman–Crippen MR) is 261 cm³/mol. The molecule has 1 aliphatic rings. The van der Waals surface area contributed by atoms with Gasteiger partial charge in [-0.3, -0.25) is 9.24 Å². The molecule has 0 saturated carbocycles. The average molecular weight is 825 g/mol. The molecule has 0 bridgehead atoms. The fraction of sp³-hybridized carbons (Fsp3) is 0. The summed E-state index contributed by atoms with van der Waals surface area (Å²) in [5.41, 5.74) is 9.78. The Hall–Kier alpha value is -7.98. The summed E-state index contributed by atoms with van der Waals surface area (Å²) < 4.78 is 18.7. The van der Waals surface area contributed by atoms with E-state index in [0.717, 1.165) is 55.9 Å². The quantitative estimate of drug-likeness (QED) is 0.123. The van der Waals surface area contributed by atoms with Crippen LogP contribution in [0.5, 0.6) is 0 Å². The largest absolute Gasteiger partial charge is 0.286 e. The van der Waals surface area contributed by atoms with Crippen LogP contribution in [0.4, 0.5) is 11.4 Å². The monoisotopic (exact) mass is 824 g/mol. The maximum Gasteiger partial charge on any atom is 0.270 e. The molecule has 1 atom stereocenters. The van der Waals surface area contributed by atoms with Gasteiger partial charge in [0.1, 0.15) is 0 Å². The first-order valence-corrected chi connectivity index (χ1v) is 22.8. The number of fused-ring (bicyclic) bond motifs is 9. The van der Waals surface area contributed by atoms with Crippen LogP contribution in [0.2, 0.25) is 0 Å². The van der Waals surface area contributed by atoms with Crippen molar-refractivity contribution in [2.24, 2.45) is 0 Å². The first-order chi connectivity index (χ1) is 31.1. The molecule has 5 nitrogen and oxygen atoms in total. The van der Waals surface area contributed by atoms with Crippen molar-refractivity contribution >= 4 is 61.9 Å². The van der Waals surface area contributed by atoms with Crippen LogP contribution in [-0.4, -0.2) is 15.0 Å². The van der Waals surface area contributed by atoms with Crippen LogP contribution in [0.15, 0.2) is 224 Å². The van der Waals surface area contributed by atoms with Gasteiger partial charge < -0.3 is 0 Å². The van der Waals surface area contributed by atoms with Gasteiger partial charge in [0.15, 0.2) is 11.6 Å². The first kappa shape index (κ1) is 36.8. The van der Waals surface area contributed by atoms with Gasteiger partial charge in [-0.2, -0.15) is 0 Å². The van der Waals surface area contributed by atoms with Crippen molar-refractivity contribution < 1.29 is 4.57 Å². The maximum absolute atomic E-state index is 16.7. The minimum absolute atomic E-state index is 0.227. The molecule has 0 amide bonds. The second-order valence-corrected chi connectivity index (χ2v) is 18.4. The third-order valence-electron chi connectivity index (χ3n) is 12.3. The fourth-order valence-corrected chi connectivity index (χ4v) is 12.1. The highest BCUT2D eigenvalue weighted by atomic mass is 31.2. The van der Waals surface area contributed by atoms with E-state index in [1.165, 1.54) is 32.3 Å². The number of anilines is 2. The molecule has 296 valence electrons. The first-order valence-electron chi connectivity index (χ1n) is 21.1. The van der Waals surface area contributed by atoms with Crippen LogP contribution in [0.25, 0.3) is 88.5 Å². The van der Waals surface area contributed by atoms with Crippen molar-refractivity contribution in [1.29, 1.82) is 0 Å². The summed E-state index contributed by atoms with van der Waals surface area (Å²) in [6.45, 7) is 0. The van der Waals surface area contributed by atoms with E-state index in [1.807, 2.05) is 114 Å². The molecule has 1 aromatic heterocycles. The number of hydrogen-bond donors (Lipinski definition) is 0. The summed E-state index contributed by atoms with van der Waals surface area (Å²) in [5, 5.41) is 8.22. The van der Waals surface area contributed by atoms with Gasteiger partial charge in [0, 0.05) is 27.7 Å². The van der Waals surface area contributed by atoms with Crippen LogP contribution >= 0.6 is 7.29 Å². The lowest BCUT2D eigenvalue weighted by Gasteiger charge is -2.39. The lowest BCUT2D eigenvalue weighted by Crippen LogP contribution is -2.37. The molecule has 1 aliphatic heterocycles. The molecule has 2 heterocycles. The van der Waals surface area contributed by atoms with Crippen LogP contribution in [0, 0.1) is 0 Å². The van der Waals surface area contributed by atoms with Gasteiger partial charge in [0.25, 0.3) is 7.29 Å². The molecule has 0 radical (unpaired) electrons. The van der Waals surface area contributed by atoms with Gasteiger partial charge in [-0.25, -0.2) is 15.0 Å². The SMILES string of the molecule is O=P1(c2nc(-c3ccccc3)nc(-c3ccccc3)n2)c2ccccc2-c2cc(-c3cccc(-c4ccc5c6ccccc6c6ccccc6c5c4)c3)ccc2N1c1ccccc1. The van der Waals surface area contributed by atoms with E-state index in [2.05, 4.69) is 115 Å². The number of para-hydroxylation sites is 1. The zero-order valence-corrected chi connectivity index (χ0v) is 34.9. The summed E-state index contributed by atoms with van der Waals surface area (Å²) in [7, 11) is -3.83. The Kier molecular flexibility index (Phi) is 8.70. The Labute approximate surface area is 365 Å². The van der Waals surface area contributed by atoms with Gasteiger partial charge in [-0.1, -0.05) is 182 Å². The van der Waals surface area contributed by atoms with E-state index < -0.39 is 7.29 Å². The molecule has 63 heavy (non-hydrogen) atoms. The van der Waals surface area contributed by atoms with E-state index in [9.17, 15) is 0 Å². The smallest absolute Gasteiger partial charge is 0.270 e. The molecular weight excluding hydrogens is 788 g/mol. The minimum Gasteiger partial charge on any atom is -0.286 e. The van der Waals surface area contributed by atoms with E-state index in [-0.39, 0.29) is 5.57 Å². The molecule has 0 N–H and O–H groups in total. The maximum atomic E-state index is 16.7. The van der Waals surface area contributed by atoms with Crippen molar-refractivity contribution in [3.63, 3.8) is 0 Å². The van der Waals surface area contributed by atoms with Crippen LogP contribution in [0.3, 0.4) is 0 Å².